The molecule has 0 aromatic heterocycles. The van der Waals surface area contributed by atoms with Crippen LogP contribution in [-0.2, 0) is 4.79 Å². The first-order valence-electron chi connectivity index (χ1n) is 3.98. The molecule has 0 radical (unpaired) electrons. The third kappa shape index (κ3) is 3.98. The molecule has 0 aromatic rings. The third-order valence-corrected chi connectivity index (χ3v) is 1.56. The molecule has 11 heavy (non-hydrogen) atoms. The molecule has 0 aliphatic heterocycles. The van der Waals surface area contributed by atoms with Crippen molar-refractivity contribution in [2.45, 2.75) is 32.3 Å². The minimum Gasteiger partial charge on any atom is -0.383 e. The second kappa shape index (κ2) is 5.13. The molecule has 66 valence electrons. The van der Waals surface area contributed by atoms with E-state index in [0.29, 0.717) is 6.42 Å². The second-order valence-electron chi connectivity index (χ2n) is 2.89. The van der Waals surface area contributed by atoms with Crippen molar-refractivity contribution in [3.8, 4) is 0 Å². The van der Waals surface area contributed by atoms with E-state index >= 15 is 0 Å². The summed E-state index contributed by atoms with van der Waals surface area (Å²) in [5, 5.41) is 9.23. The SMILES string of the molecule is CCCCC(O)C(=O)N(C)C. The Kier molecular flexibility index (Phi) is 4.86. The Hall–Kier alpha value is -0.570. The zero-order valence-corrected chi connectivity index (χ0v) is 7.50. The number of aliphatic hydroxyl groups excluding tert-OH is 1. The zero-order chi connectivity index (χ0) is 8.85. The van der Waals surface area contributed by atoms with E-state index in [-0.39, 0.29) is 5.91 Å². The summed E-state index contributed by atoms with van der Waals surface area (Å²) in [7, 11) is 3.30. The van der Waals surface area contributed by atoms with E-state index in [2.05, 4.69) is 0 Å². The number of carbonyl (C=O) groups excluding carboxylic acids is 1. The Bertz CT molecular complexity index is 123. The fourth-order valence-corrected chi connectivity index (χ4v) is 0.819. The molecule has 1 N–H and O–H groups in total. The molecule has 0 heterocycles. The summed E-state index contributed by atoms with van der Waals surface area (Å²) < 4.78 is 0. The molecule has 0 spiro atoms. The minimum absolute atomic E-state index is 0.196. The van der Waals surface area contributed by atoms with Crippen LogP contribution in [0, 0.1) is 0 Å². The molecule has 3 nitrogen and oxygen atoms in total. The van der Waals surface area contributed by atoms with Crippen molar-refractivity contribution in [1.29, 1.82) is 0 Å². The summed E-state index contributed by atoms with van der Waals surface area (Å²) in [4.78, 5) is 12.4. The van der Waals surface area contributed by atoms with Crippen LogP contribution in [0.2, 0.25) is 0 Å². The topological polar surface area (TPSA) is 40.5 Å². The molecule has 0 saturated heterocycles. The van der Waals surface area contributed by atoms with E-state index in [9.17, 15) is 9.90 Å². The standard InChI is InChI=1S/C8H17NO2/c1-4-5-6-7(10)8(11)9(2)3/h7,10H,4-6H2,1-3H3. The number of aliphatic hydroxyl groups is 1. The van der Waals surface area contributed by atoms with Crippen molar-refractivity contribution in [1.82, 2.24) is 4.90 Å². The van der Waals surface area contributed by atoms with Gasteiger partial charge in [0.05, 0.1) is 0 Å². The van der Waals surface area contributed by atoms with Crippen LogP contribution < -0.4 is 0 Å². The Balaban J connectivity index is 3.64. The Morgan fingerprint density at radius 2 is 2.09 bits per heavy atom. The number of hydrogen-bond acceptors (Lipinski definition) is 2. The predicted octanol–water partition coefficient (Wildman–Crippen LogP) is 0.626. The molecular formula is C8H17NO2. The van der Waals surface area contributed by atoms with Gasteiger partial charge in [-0.3, -0.25) is 4.79 Å². The second-order valence-corrected chi connectivity index (χ2v) is 2.89. The monoisotopic (exact) mass is 159 g/mol. The van der Waals surface area contributed by atoms with Crippen LogP contribution in [0.3, 0.4) is 0 Å². The minimum atomic E-state index is -0.801. The smallest absolute Gasteiger partial charge is 0.250 e. The van der Waals surface area contributed by atoms with Gasteiger partial charge in [-0.15, -0.1) is 0 Å². The summed E-state index contributed by atoms with van der Waals surface area (Å²) in [6, 6.07) is 0. The highest BCUT2D eigenvalue weighted by atomic mass is 16.3. The highest BCUT2D eigenvalue weighted by molar-refractivity contribution is 5.79. The maximum absolute atomic E-state index is 11.0. The molecule has 0 saturated carbocycles. The quantitative estimate of drug-likeness (QED) is 0.653. The molecule has 1 unspecified atom stereocenters. The lowest BCUT2D eigenvalue weighted by atomic mass is 10.1. The van der Waals surface area contributed by atoms with Gasteiger partial charge in [-0.1, -0.05) is 19.8 Å². The molecule has 0 aliphatic carbocycles. The summed E-state index contributed by atoms with van der Waals surface area (Å²) >= 11 is 0. The van der Waals surface area contributed by atoms with Crippen molar-refractivity contribution in [3.05, 3.63) is 0 Å². The number of nitrogens with zero attached hydrogens (tertiary/aromatic N) is 1. The van der Waals surface area contributed by atoms with Crippen LogP contribution in [0.1, 0.15) is 26.2 Å². The van der Waals surface area contributed by atoms with Crippen molar-refractivity contribution in [3.63, 3.8) is 0 Å². The van der Waals surface area contributed by atoms with Crippen molar-refractivity contribution in [2.24, 2.45) is 0 Å². The van der Waals surface area contributed by atoms with Gasteiger partial charge < -0.3 is 10.0 Å². The lowest BCUT2D eigenvalue weighted by Gasteiger charge is -2.14. The van der Waals surface area contributed by atoms with Gasteiger partial charge in [0.25, 0.3) is 5.91 Å². The van der Waals surface area contributed by atoms with Gasteiger partial charge >= 0.3 is 0 Å². The van der Waals surface area contributed by atoms with Crippen LogP contribution in [0.15, 0.2) is 0 Å². The third-order valence-electron chi connectivity index (χ3n) is 1.56. The van der Waals surface area contributed by atoms with Gasteiger partial charge in [-0.2, -0.15) is 0 Å². The van der Waals surface area contributed by atoms with E-state index in [4.69, 9.17) is 0 Å². The first-order chi connectivity index (χ1) is 5.09. The summed E-state index contributed by atoms with van der Waals surface area (Å²) in [6.07, 6.45) is 1.69. The fraction of sp³-hybridized carbons (Fsp3) is 0.875. The van der Waals surface area contributed by atoms with Crippen LogP contribution >= 0.6 is 0 Å². The number of rotatable bonds is 4. The summed E-state index contributed by atoms with van der Waals surface area (Å²) in [5.41, 5.74) is 0. The number of carbonyl (C=O) groups is 1. The number of likely N-dealkylation sites (N-methyl/N-ethyl adjacent to an activating group) is 1. The van der Waals surface area contributed by atoms with Crippen LogP contribution in [0.25, 0.3) is 0 Å². The van der Waals surface area contributed by atoms with Gasteiger partial charge in [-0.05, 0) is 6.42 Å². The molecule has 0 aliphatic rings. The molecule has 1 atom stereocenters. The van der Waals surface area contributed by atoms with E-state index < -0.39 is 6.10 Å². The van der Waals surface area contributed by atoms with Crippen LogP contribution in [0.4, 0.5) is 0 Å². The molecule has 0 bridgehead atoms. The van der Waals surface area contributed by atoms with Crippen molar-refractivity contribution in [2.75, 3.05) is 14.1 Å². The number of hydrogen-bond donors (Lipinski definition) is 1. The van der Waals surface area contributed by atoms with E-state index in [1.807, 2.05) is 6.92 Å². The highest BCUT2D eigenvalue weighted by Crippen LogP contribution is 2.01. The van der Waals surface area contributed by atoms with Gasteiger partial charge in [0, 0.05) is 14.1 Å². The average molecular weight is 159 g/mol. The molecule has 3 heteroatoms. The molecule has 0 fully saturated rings. The van der Waals surface area contributed by atoms with Crippen molar-refractivity contribution < 1.29 is 9.90 Å². The summed E-state index contributed by atoms with van der Waals surface area (Å²) in [6.45, 7) is 2.03. The molecular weight excluding hydrogens is 142 g/mol. The molecule has 0 rings (SSSR count). The Morgan fingerprint density at radius 3 is 2.45 bits per heavy atom. The Morgan fingerprint density at radius 1 is 1.55 bits per heavy atom. The maximum Gasteiger partial charge on any atom is 0.250 e. The van der Waals surface area contributed by atoms with E-state index in [1.165, 1.54) is 4.90 Å². The molecule has 1 amide bonds. The Labute approximate surface area is 68.0 Å². The average Bonchev–Trinajstić information content (AvgIpc) is 1.98. The van der Waals surface area contributed by atoms with Gasteiger partial charge in [-0.25, -0.2) is 0 Å². The van der Waals surface area contributed by atoms with Crippen LogP contribution in [0.5, 0.6) is 0 Å². The fourth-order valence-electron chi connectivity index (χ4n) is 0.819. The van der Waals surface area contributed by atoms with E-state index in [1.54, 1.807) is 14.1 Å². The first-order valence-corrected chi connectivity index (χ1v) is 3.98. The van der Waals surface area contributed by atoms with Gasteiger partial charge in [0.1, 0.15) is 6.10 Å². The van der Waals surface area contributed by atoms with E-state index in [0.717, 1.165) is 12.8 Å². The molecule has 0 aromatic carbocycles. The normalized spacial score (nSPS) is 12.7. The van der Waals surface area contributed by atoms with Gasteiger partial charge in [0.15, 0.2) is 0 Å². The van der Waals surface area contributed by atoms with Crippen molar-refractivity contribution >= 4 is 5.91 Å². The lowest BCUT2D eigenvalue weighted by Crippen LogP contribution is -2.33. The number of unbranched alkanes of at least 4 members (excludes halogenated alkanes) is 1. The maximum atomic E-state index is 11.0. The number of amides is 1. The van der Waals surface area contributed by atoms with Crippen LogP contribution in [-0.4, -0.2) is 36.1 Å². The highest BCUT2D eigenvalue weighted by Gasteiger charge is 2.15. The largest absolute Gasteiger partial charge is 0.383 e. The zero-order valence-electron chi connectivity index (χ0n) is 7.50. The predicted molar refractivity (Wildman–Crippen MR) is 44.2 cm³/mol. The summed E-state index contributed by atoms with van der Waals surface area (Å²) in [5.74, 6) is -0.196. The van der Waals surface area contributed by atoms with Gasteiger partial charge in [0.2, 0.25) is 0 Å². The first kappa shape index (κ1) is 10.4. The lowest BCUT2D eigenvalue weighted by molar-refractivity contribution is -0.137.